The van der Waals surface area contributed by atoms with Crippen LogP contribution in [-0.2, 0) is 11.3 Å². The summed E-state index contributed by atoms with van der Waals surface area (Å²) in [7, 11) is 4.68. The van der Waals surface area contributed by atoms with E-state index in [0.717, 1.165) is 5.56 Å². The Kier molecular flexibility index (Phi) is 7.39. The first-order chi connectivity index (χ1) is 16.5. The summed E-state index contributed by atoms with van der Waals surface area (Å²) in [4.78, 5) is 30.6. The molecule has 4 aromatic rings. The van der Waals surface area contributed by atoms with Crippen LogP contribution in [0.2, 0.25) is 0 Å². The number of ether oxygens (including phenoxy) is 3. The molecule has 34 heavy (non-hydrogen) atoms. The van der Waals surface area contributed by atoms with Crippen molar-refractivity contribution in [2.75, 3.05) is 32.4 Å². The highest BCUT2D eigenvalue weighted by Crippen LogP contribution is 2.29. The zero-order chi connectivity index (χ0) is 24.1. The Morgan fingerprint density at radius 2 is 1.85 bits per heavy atom. The van der Waals surface area contributed by atoms with Gasteiger partial charge in [0.25, 0.3) is 5.56 Å². The van der Waals surface area contributed by atoms with Crippen molar-refractivity contribution in [3.63, 3.8) is 0 Å². The maximum absolute atomic E-state index is 13.2. The van der Waals surface area contributed by atoms with Crippen molar-refractivity contribution < 1.29 is 19.0 Å². The van der Waals surface area contributed by atoms with Gasteiger partial charge in [0.2, 0.25) is 5.91 Å². The van der Waals surface area contributed by atoms with Crippen LogP contribution < -0.4 is 25.1 Å². The number of rotatable bonds is 9. The largest absolute Gasteiger partial charge is 0.497 e. The number of benzene rings is 2. The molecule has 0 saturated heterocycles. The smallest absolute Gasteiger partial charge is 0.272 e. The molecule has 1 N–H and O–H groups in total. The first-order valence-corrected chi connectivity index (χ1v) is 12.1. The van der Waals surface area contributed by atoms with Crippen molar-refractivity contribution in [3.8, 4) is 17.2 Å². The fraction of sp³-hybridized carbons (Fsp3) is 0.208. The molecule has 0 radical (unpaired) electrons. The third-order valence-electron chi connectivity index (χ3n) is 5.02. The summed E-state index contributed by atoms with van der Waals surface area (Å²) in [6.07, 6.45) is 0. The van der Waals surface area contributed by atoms with E-state index in [1.807, 2.05) is 35.7 Å². The number of thioether (sulfide) groups is 1. The molecule has 1 amide bonds. The predicted octanol–water partition coefficient (Wildman–Crippen LogP) is 4.26. The van der Waals surface area contributed by atoms with Crippen LogP contribution in [0.3, 0.4) is 0 Å². The molecule has 2 heterocycles. The van der Waals surface area contributed by atoms with Gasteiger partial charge in [-0.25, -0.2) is 4.98 Å². The van der Waals surface area contributed by atoms with E-state index in [-0.39, 0.29) is 17.2 Å². The van der Waals surface area contributed by atoms with E-state index >= 15 is 0 Å². The van der Waals surface area contributed by atoms with Gasteiger partial charge in [-0.3, -0.25) is 14.2 Å². The first kappa shape index (κ1) is 23.7. The summed E-state index contributed by atoms with van der Waals surface area (Å²) in [6.45, 7) is 0.310. The maximum atomic E-state index is 13.2. The molecule has 0 spiro atoms. The minimum atomic E-state index is -0.260. The first-order valence-electron chi connectivity index (χ1n) is 10.3. The molecular weight excluding hydrogens is 474 g/mol. The molecule has 0 atom stereocenters. The number of nitrogens with zero attached hydrogens (tertiary/aromatic N) is 2. The standard InChI is InChI=1S/C24H23N3O5S2/c1-30-16-6-4-5-15(11-16)13-27-23(29)22-18(9-10-33-22)26-24(27)34-14-21(28)25-19-12-17(31-2)7-8-20(19)32-3/h4-12H,13-14H2,1-3H3,(H,25,28). The van der Waals surface area contributed by atoms with Gasteiger partial charge in [-0.05, 0) is 41.3 Å². The number of aromatic nitrogens is 2. The van der Waals surface area contributed by atoms with Crippen molar-refractivity contribution in [2.24, 2.45) is 0 Å². The van der Waals surface area contributed by atoms with Gasteiger partial charge in [0.05, 0.1) is 44.8 Å². The zero-order valence-corrected chi connectivity index (χ0v) is 20.5. The van der Waals surface area contributed by atoms with E-state index in [1.54, 1.807) is 37.0 Å². The highest BCUT2D eigenvalue weighted by Gasteiger charge is 2.16. The van der Waals surface area contributed by atoms with Crippen molar-refractivity contribution in [2.45, 2.75) is 11.7 Å². The molecule has 176 valence electrons. The Balaban J connectivity index is 1.58. The predicted molar refractivity (Wildman–Crippen MR) is 135 cm³/mol. The lowest BCUT2D eigenvalue weighted by Crippen LogP contribution is -2.24. The molecule has 2 aromatic heterocycles. The lowest BCUT2D eigenvalue weighted by molar-refractivity contribution is -0.113. The van der Waals surface area contributed by atoms with Crippen LogP contribution in [-0.4, -0.2) is 42.5 Å². The van der Waals surface area contributed by atoms with E-state index in [2.05, 4.69) is 10.3 Å². The molecule has 0 saturated carbocycles. The van der Waals surface area contributed by atoms with Crippen LogP contribution >= 0.6 is 23.1 Å². The monoisotopic (exact) mass is 497 g/mol. The summed E-state index contributed by atoms with van der Waals surface area (Å²) in [5, 5.41) is 5.15. The fourth-order valence-electron chi connectivity index (χ4n) is 3.35. The quantitative estimate of drug-likeness (QED) is 0.273. The van der Waals surface area contributed by atoms with E-state index in [0.29, 0.717) is 44.9 Å². The van der Waals surface area contributed by atoms with E-state index in [1.165, 1.54) is 30.2 Å². The Bertz CT molecular complexity index is 1380. The van der Waals surface area contributed by atoms with Crippen molar-refractivity contribution >= 4 is 44.9 Å². The molecule has 4 rings (SSSR count). The van der Waals surface area contributed by atoms with Crippen LogP contribution in [0.25, 0.3) is 10.2 Å². The van der Waals surface area contributed by atoms with Gasteiger partial charge in [-0.2, -0.15) is 0 Å². The Hall–Kier alpha value is -3.50. The van der Waals surface area contributed by atoms with Gasteiger partial charge in [0.1, 0.15) is 21.9 Å². The topological polar surface area (TPSA) is 91.7 Å². The van der Waals surface area contributed by atoms with E-state index in [4.69, 9.17) is 14.2 Å². The number of anilines is 1. The molecule has 10 heteroatoms. The molecule has 2 aromatic carbocycles. The molecular formula is C24H23N3O5S2. The second-order valence-electron chi connectivity index (χ2n) is 7.18. The number of carbonyl (C=O) groups is 1. The molecule has 0 unspecified atom stereocenters. The lowest BCUT2D eigenvalue weighted by atomic mass is 10.2. The third kappa shape index (κ3) is 5.18. The molecule has 0 aliphatic carbocycles. The Morgan fingerprint density at radius 3 is 2.62 bits per heavy atom. The van der Waals surface area contributed by atoms with Gasteiger partial charge in [-0.1, -0.05) is 23.9 Å². The van der Waals surface area contributed by atoms with Crippen molar-refractivity contribution in [3.05, 3.63) is 69.8 Å². The van der Waals surface area contributed by atoms with Gasteiger partial charge < -0.3 is 19.5 Å². The van der Waals surface area contributed by atoms with Gasteiger partial charge in [-0.15, -0.1) is 11.3 Å². The van der Waals surface area contributed by atoms with Crippen molar-refractivity contribution in [1.29, 1.82) is 0 Å². The van der Waals surface area contributed by atoms with E-state index in [9.17, 15) is 9.59 Å². The maximum Gasteiger partial charge on any atom is 0.272 e. The van der Waals surface area contributed by atoms with Crippen LogP contribution in [0.5, 0.6) is 17.2 Å². The van der Waals surface area contributed by atoms with Crippen LogP contribution in [0.1, 0.15) is 5.56 Å². The number of amides is 1. The number of nitrogens with one attached hydrogen (secondary N) is 1. The number of thiophene rings is 1. The minimum absolute atomic E-state index is 0.0561. The number of carbonyl (C=O) groups excluding carboxylic acids is 1. The van der Waals surface area contributed by atoms with Gasteiger partial charge in [0, 0.05) is 6.07 Å². The summed E-state index contributed by atoms with van der Waals surface area (Å²) < 4.78 is 18.0. The zero-order valence-electron chi connectivity index (χ0n) is 18.9. The molecule has 0 aliphatic heterocycles. The highest BCUT2D eigenvalue weighted by atomic mass is 32.2. The Morgan fingerprint density at radius 1 is 1.06 bits per heavy atom. The number of fused-ring (bicyclic) bond motifs is 1. The normalized spacial score (nSPS) is 10.8. The average Bonchev–Trinajstić information content (AvgIpc) is 3.33. The SMILES string of the molecule is COc1cccc(Cn2c(SCC(=O)Nc3cc(OC)ccc3OC)nc3ccsc3c2=O)c1. The van der Waals surface area contributed by atoms with Crippen LogP contribution in [0.15, 0.2) is 63.9 Å². The second kappa shape index (κ2) is 10.6. The number of hydrogen-bond acceptors (Lipinski definition) is 8. The summed E-state index contributed by atoms with van der Waals surface area (Å²) in [5.41, 5.74) is 1.88. The highest BCUT2D eigenvalue weighted by molar-refractivity contribution is 7.99. The molecule has 8 nitrogen and oxygen atoms in total. The van der Waals surface area contributed by atoms with Crippen molar-refractivity contribution in [1.82, 2.24) is 9.55 Å². The molecule has 0 aliphatic rings. The fourth-order valence-corrected chi connectivity index (χ4v) is 4.93. The van der Waals surface area contributed by atoms with Crippen LogP contribution in [0, 0.1) is 0 Å². The number of hydrogen-bond donors (Lipinski definition) is 1. The molecule has 0 fully saturated rings. The number of methoxy groups -OCH3 is 3. The van der Waals surface area contributed by atoms with E-state index < -0.39 is 0 Å². The second-order valence-corrected chi connectivity index (χ2v) is 9.03. The minimum Gasteiger partial charge on any atom is -0.497 e. The summed E-state index contributed by atoms with van der Waals surface area (Å²) >= 11 is 2.55. The van der Waals surface area contributed by atoms with Gasteiger partial charge >= 0.3 is 0 Å². The Labute approximate surface area is 204 Å². The summed E-state index contributed by atoms with van der Waals surface area (Å²) in [6, 6.07) is 14.5. The third-order valence-corrected chi connectivity index (χ3v) is 6.89. The molecule has 0 bridgehead atoms. The lowest BCUT2D eigenvalue weighted by Gasteiger charge is -2.14. The average molecular weight is 498 g/mol. The van der Waals surface area contributed by atoms with Gasteiger partial charge in [0.15, 0.2) is 5.16 Å². The van der Waals surface area contributed by atoms with Crippen LogP contribution in [0.4, 0.5) is 5.69 Å². The summed E-state index contributed by atoms with van der Waals surface area (Å²) in [5.74, 6) is 1.62.